The second-order valence-electron chi connectivity index (χ2n) is 7.06. The molecule has 0 unspecified atom stereocenters. The molecular formula is C18H24N4O2. The lowest BCUT2D eigenvalue weighted by atomic mass is 10.1. The van der Waals surface area contributed by atoms with Crippen LogP contribution in [0.1, 0.15) is 48.9 Å². The van der Waals surface area contributed by atoms with Gasteiger partial charge in [-0.3, -0.25) is 9.59 Å². The van der Waals surface area contributed by atoms with Gasteiger partial charge in [-0.05, 0) is 44.2 Å². The minimum atomic E-state index is 0.0874. The third-order valence-electron chi connectivity index (χ3n) is 5.48. The number of hydrogen-bond donors (Lipinski definition) is 1. The van der Waals surface area contributed by atoms with E-state index in [1.54, 1.807) is 6.20 Å². The fourth-order valence-corrected chi connectivity index (χ4v) is 4.20. The topological polar surface area (TPSA) is 65.5 Å². The highest BCUT2D eigenvalue weighted by molar-refractivity contribution is 5.94. The van der Waals surface area contributed by atoms with Gasteiger partial charge >= 0.3 is 0 Å². The minimum absolute atomic E-state index is 0.0874. The summed E-state index contributed by atoms with van der Waals surface area (Å²) in [6.07, 6.45) is 7.75. The van der Waals surface area contributed by atoms with Crippen LogP contribution in [0.3, 0.4) is 0 Å². The molecule has 0 radical (unpaired) electrons. The molecule has 0 aromatic carbocycles. The zero-order chi connectivity index (χ0) is 16.5. The molecule has 3 saturated heterocycles. The highest BCUT2D eigenvalue weighted by atomic mass is 16.2. The second-order valence-corrected chi connectivity index (χ2v) is 7.06. The standard InChI is InChI=1S/C18H24N4O2/c23-17-10-14-5-6-15(12-20-17)22(14)16-7-4-13(11-19-16)18(24)21-8-2-1-3-9-21/h4,7,11,14-15H,1-3,5-6,8-10,12H2,(H,20,23)/t14-,15+/m1/s1. The van der Waals surface area contributed by atoms with Gasteiger partial charge in [-0.25, -0.2) is 4.98 Å². The number of pyridine rings is 1. The number of carbonyl (C=O) groups is 2. The molecule has 128 valence electrons. The number of likely N-dealkylation sites (tertiary alicyclic amines) is 1. The van der Waals surface area contributed by atoms with Crippen molar-refractivity contribution in [2.45, 2.75) is 50.6 Å². The number of nitrogens with zero attached hydrogens (tertiary/aromatic N) is 3. The van der Waals surface area contributed by atoms with Gasteiger partial charge in [0.05, 0.1) is 5.56 Å². The molecule has 1 N–H and O–H groups in total. The minimum Gasteiger partial charge on any atom is -0.354 e. The fraction of sp³-hybridized carbons (Fsp3) is 0.611. The van der Waals surface area contributed by atoms with E-state index in [1.165, 1.54) is 6.42 Å². The van der Waals surface area contributed by atoms with Gasteiger partial charge in [0.1, 0.15) is 5.82 Å². The van der Waals surface area contributed by atoms with E-state index in [0.29, 0.717) is 24.6 Å². The molecule has 0 aliphatic carbocycles. The molecule has 4 heterocycles. The molecule has 3 fully saturated rings. The summed E-state index contributed by atoms with van der Waals surface area (Å²) in [4.78, 5) is 33.1. The van der Waals surface area contributed by atoms with Gasteiger partial charge in [0.2, 0.25) is 5.91 Å². The lowest BCUT2D eigenvalue weighted by molar-refractivity contribution is -0.121. The van der Waals surface area contributed by atoms with Crippen LogP contribution in [-0.4, -0.2) is 53.4 Å². The Balaban J connectivity index is 1.51. The van der Waals surface area contributed by atoms with Gasteiger partial charge in [0.25, 0.3) is 5.91 Å². The highest BCUT2D eigenvalue weighted by Crippen LogP contribution is 2.32. The maximum atomic E-state index is 12.5. The van der Waals surface area contributed by atoms with Gasteiger partial charge in [-0.1, -0.05) is 0 Å². The van der Waals surface area contributed by atoms with Crippen molar-refractivity contribution >= 4 is 17.6 Å². The Kier molecular flexibility index (Phi) is 4.12. The van der Waals surface area contributed by atoms with Crippen molar-refractivity contribution in [3.63, 3.8) is 0 Å². The number of amides is 2. The van der Waals surface area contributed by atoms with Crippen molar-refractivity contribution in [3.05, 3.63) is 23.9 Å². The fourth-order valence-electron chi connectivity index (χ4n) is 4.20. The van der Waals surface area contributed by atoms with Crippen LogP contribution < -0.4 is 10.2 Å². The average Bonchev–Trinajstić information content (AvgIpc) is 2.94. The van der Waals surface area contributed by atoms with Crippen LogP contribution in [0.15, 0.2) is 18.3 Å². The highest BCUT2D eigenvalue weighted by Gasteiger charge is 2.38. The van der Waals surface area contributed by atoms with Crippen molar-refractivity contribution in [3.8, 4) is 0 Å². The smallest absolute Gasteiger partial charge is 0.255 e. The molecule has 3 aliphatic heterocycles. The van der Waals surface area contributed by atoms with E-state index < -0.39 is 0 Å². The summed E-state index contributed by atoms with van der Waals surface area (Å²) in [5.41, 5.74) is 0.664. The SMILES string of the molecule is O=C1C[C@H]2CC[C@@H](CN1)N2c1ccc(C(=O)N2CCCCC2)cn1. The molecule has 1 aromatic heterocycles. The van der Waals surface area contributed by atoms with E-state index in [-0.39, 0.29) is 17.9 Å². The van der Waals surface area contributed by atoms with Gasteiger partial charge in [0.15, 0.2) is 0 Å². The number of nitrogens with one attached hydrogen (secondary N) is 1. The molecule has 6 heteroatoms. The number of aromatic nitrogens is 1. The third kappa shape index (κ3) is 2.85. The lowest BCUT2D eigenvalue weighted by Crippen LogP contribution is -2.39. The van der Waals surface area contributed by atoms with Crippen LogP contribution >= 0.6 is 0 Å². The molecule has 0 saturated carbocycles. The molecule has 24 heavy (non-hydrogen) atoms. The Morgan fingerprint density at radius 2 is 1.92 bits per heavy atom. The van der Waals surface area contributed by atoms with Crippen LogP contribution in [0.2, 0.25) is 0 Å². The normalized spacial score (nSPS) is 26.9. The lowest BCUT2D eigenvalue weighted by Gasteiger charge is -2.29. The number of hydrogen-bond acceptors (Lipinski definition) is 4. The first-order chi connectivity index (χ1) is 11.7. The van der Waals surface area contributed by atoms with Crippen LogP contribution in [0.5, 0.6) is 0 Å². The van der Waals surface area contributed by atoms with Crippen molar-refractivity contribution in [1.29, 1.82) is 0 Å². The molecule has 4 rings (SSSR count). The van der Waals surface area contributed by atoms with Crippen LogP contribution in [-0.2, 0) is 4.79 Å². The maximum absolute atomic E-state index is 12.5. The largest absolute Gasteiger partial charge is 0.354 e. The van der Waals surface area contributed by atoms with E-state index in [0.717, 1.165) is 44.6 Å². The predicted octanol–water partition coefficient (Wildman–Crippen LogP) is 1.56. The van der Waals surface area contributed by atoms with Gasteiger partial charge < -0.3 is 15.1 Å². The Hall–Kier alpha value is -2.11. The Morgan fingerprint density at radius 1 is 1.12 bits per heavy atom. The molecule has 2 amide bonds. The van der Waals surface area contributed by atoms with Gasteiger partial charge in [-0.2, -0.15) is 0 Å². The first-order valence-electron chi connectivity index (χ1n) is 9.03. The van der Waals surface area contributed by atoms with E-state index in [2.05, 4.69) is 15.2 Å². The number of carbonyl (C=O) groups excluding carboxylic acids is 2. The molecule has 1 aromatic rings. The van der Waals surface area contributed by atoms with Crippen LogP contribution in [0.25, 0.3) is 0 Å². The zero-order valence-corrected chi connectivity index (χ0v) is 13.9. The third-order valence-corrected chi connectivity index (χ3v) is 5.48. The van der Waals surface area contributed by atoms with Crippen molar-refractivity contribution < 1.29 is 9.59 Å². The number of fused-ring (bicyclic) bond motifs is 2. The van der Waals surface area contributed by atoms with Gasteiger partial charge in [-0.15, -0.1) is 0 Å². The summed E-state index contributed by atoms with van der Waals surface area (Å²) in [7, 11) is 0. The Bertz CT molecular complexity index is 624. The maximum Gasteiger partial charge on any atom is 0.255 e. The van der Waals surface area contributed by atoms with Crippen LogP contribution in [0, 0.1) is 0 Å². The quantitative estimate of drug-likeness (QED) is 0.895. The first kappa shape index (κ1) is 15.4. The summed E-state index contributed by atoms with van der Waals surface area (Å²) >= 11 is 0. The number of piperidine rings is 1. The zero-order valence-electron chi connectivity index (χ0n) is 13.9. The summed E-state index contributed by atoms with van der Waals surface area (Å²) in [6, 6.07) is 4.38. The second kappa shape index (κ2) is 6.42. The molecule has 2 bridgehead atoms. The van der Waals surface area contributed by atoms with Crippen molar-refractivity contribution in [1.82, 2.24) is 15.2 Å². The molecule has 6 nitrogen and oxygen atoms in total. The van der Waals surface area contributed by atoms with Crippen LogP contribution in [0.4, 0.5) is 5.82 Å². The van der Waals surface area contributed by atoms with E-state index in [1.807, 2.05) is 17.0 Å². The summed E-state index contributed by atoms with van der Waals surface area (Å²) in [6.45, 7) is 2.39. The van der Waals surface area contributed by atoms with E-state index in [9.17, 15) is 9.59 Å². The summed E-state index contributed by atoms with van der Waals surface area (Å²) < 4.78 is 0. The van der Waals surface area contributed by atoms with Crippen molar-refractivity contribution in [2.24, 2.45) is 0 Å². The molecule has 0 spiro atoms. The van der Waals surface area contributed by atoms with E-state index >= 15 is 0 Å². The van der Waals surface area contributed by atoms with E-state index in [4.69, 9.17) is 0 Å². The molecule has 2 atom stereocenters. The Morgan fingerprint density at radius 3 is 2.67 bits per heavy atom. The number of rotatable bonds is 2. The Labute approximate surface area is 142 Å². The summed E-state index contributed by atoms with van der Waals surface area (Å²) in [5.74, 6) is 1.10. The number of anilines is 1. The van der Waals surface area contributed by atoms with Crippen molar-refractivity contribution in [2.75, 3.05) is 24.5 Å². The molecule has 3 aliphatic rings. The van der Waals surface area contributed by atoms with Gasteiger partial charge in [0, 0.05) is 44.3 Å². The predicted molar refractivity (Wildman–Crippen MR) is 90.9 cm³/mol. The monoisotopic (exact) mass is 328 g/mol. The first-order valence-corrected chi connectivity index (χ1v) is 9.03. The molecular weight excluding hydrogens is 304 g/mol. The average molecular weight is 328 g/mol. The summed E-state index contributed by atoms with van der Waals surface area (Å²) in [5, 5.41) is 2.98.